The predicted octanol–water partition coefficient (Wildman–Crippen LogP) is 2.24. The van der Waals surface area contributed by atoms with Gasteiger partial charge < -0.3 is 25.2 Å². The van der Waals surface area contributed by atoms with Gasteiger partial charge in [0.2, 0.25) is 5.91 Å². The third-order valence-corrected chi connectivity index (χ3v) is 6.56. The van der Waals surface area contributed by atoms with Gasteiger partial charge in [-0.25, -0.2) is 4.39 Å². The Bertz CT molecular complexity index is 728. The second-order valence-electron chi connectivity index (χ2n) is 8.54. The number of hydrogen-bond acceptors (Lipinski definition) is 4. The Morgan fingerprint density at radius 1 is 1.16 bits per heavy atom. The summed E-state index contributed by atoms with van der Waals surface area (Å²) in [6, 6.07) is 6.53. The Hall–Kier alpha value is -2.35. The van der Waals surface area contributed by atoms with Gasteiger partial charge in [-0.3, -0.25) is 9.79 Å². The fourth-order valence-corrected chi connectivity index (χ4v) is 4.31. The number of benzene rings is 1. The number of piperazine rings is 1. The van der Waals surface area contributed by atoms with Gasteiger partial charge in [0.15, 0.2) is 5.96 Å². The third-order valence-electron chi connectivity index (χ3n) is 6.56. The van der Waals surface area contributed by atoms with E-state index in [9.17, 15) is 9.18 Å². The highest BCUT2D eigenvalue weighted by atomic mass is 19.1. The van der Waals surface area contributed by atoms with E-state index in [1.807, 2.05) is 4.90 Å². The van der Waals surface area contributed by atoms with Crippen LogP contribution in [0, 0.1) is 11.2 Å². The summed E-state index contributed by atoms with van der Waals surface area (Å²) in [6.07, 6.45) is 5.23. The molecule has 1 aromatic rings. The maximum Gasteiger partial charge on any atom is 0.224 e. The molecule has 8 heteroatoms. The van der Waals surface area contributed by atoms with E-state index in [4.69, 9.17) is 4.74 Å². The highest BCUT2D eigenvalue weighted by molar-refractivity contribution is 5.81. The van der Waals surface area contributed by atoms with Gasteiger partial charge in [0, 0.05) is 72.1 Å². The Kier molecular flexibility index (Phi) is 8.51. The van der Waals surface area contributed by atoms with Crippen molar-refractivity contribution in [3.05, 3.63) is 30.1 Å². The minimum absolute atomic E-state index is 0.150. The number of guanidine groups is 1. The fraction of sp³-hybridized carbons (Fsp3) is 0.652. The van der Waals surface area contributed by atoms with E-state index in [2.05, 4.69) is 20.5 Å². The van der Waals surface area contributed by atoms with Crippen molar-refractivity contribution in [2.24, 2.45) is 10.4 Å². The number of amides is 1. The minimum Gasteiger partial charge on any atom is -0.385 e. The van der Waals surface area contributed by atoms with Crippen LogP contribution in [0.3, 0.4) is 0 Å². The molecule has 0 unspecified atom stereocenters. The number of hydrogen-bond donors (Lipinski definition) is 2. The summed E-state index contributed by atoms with van der Waals surface area (Å²) in [5, 5.41) is 6.70. The molecule has 3 rings (SSSR count). The summed E-state index contributed by atoms with van der Waals surface area (Å²) < 4.78 is 18.4. The Morgan fingerprint density at radius 3 is 2.45 bits per heavy atom. The molecule has 2 aliphatic rings. The highest BCUT2D eigenvalue weighted by Gasteiger charge is 2.36. The lowest BCUT2D eigenvalue weighted by molar-refractivity contribution is -0.131. The van der Waals surface area contributed by atoms with Crippen molar-refractivity contribution in [2.75, 3.05) is 64.9 Å². The molecule has 0 radical (unpaired) electrons. The molecule has 7 nitrogen and oxygen atoms in total. The fourth-order valence-electron chi connectivity index (χ4n) is 4.31. The topological polar surface area (TPSA) is 69.2 Å². The van der Waals surface area contributed by atoms with Gasteiger partial charge in [0.05, 0.1) is 0 Å². The van der Waals surface area contributed by atoms with Gasteiger partial charge in [-0.05, 0) is 48.9 Å². The normalized spacial score (nSPS) is 18.5. The predicted molar refractivity (Wildman–Crippen MR) is 122 cm³/mol. The lowest BCUT2D eigenvalue weighted by Gasteiger charge is -2.42. The van der Waals surface area contributed by atoms with E-state index in [1.54, 1.807) is 26.3 Å². The largest absolute Gasteiger partial charge is 0.385 e. The molecule has 0 aromatic heterocycles. The van der Waals surface area contributed by atoms with Gasteiger partial charge in [0.25, 0.3) is 0 Å². The molecule has 172 valence electrons. The molecule has 2 N–H and O–H groups in total. The van der Waals surface area contributed by atoms with Crippen LogP contribution >= 0.6 is 0 Å². The summed E-state index contributed by atoms with van der Waals surface area (Å²) in [6.45, 7) is 5.12. The Balaban J connectivity index is 1.35. The van der Waals surface area contributed by atoms with Gasteiger partial charge in [0.1, 0.15) is 5.82 Å². The summed E-state index contributed by atoms with van der Waals surface area (Å²) in [5.74, 6) is 0.669. The number of nitrogens with one attached hydrogen (secondary N) is 2. The van der Waals surface area contributed by atoms with Crippen molar-refractivity contribution >= 4 is 17.6 Å². The standard InChI is InChI=1S/C23H36FN5O2/c1-25-22(27-18-23(9-3-10-23)11-17-31-2)26-12-8-21(30)29-15-13-28(14-16-29)20-6-4-19(24)5-7-20/h4-7H,3,8-18H2,1-2H3,(H2,25,26,27). The number of halogens is 1. The zero-order valence-corrected chi connectivity index (χ0v) is 18.8. The highest BCUT2D eigenvalue weighted by Crippen LogP contribution is 2.43. The number of aliphatic imine (C=N–C) groups is 1. The molecule has 1 heterocycles. The van der Waals surface area contributed by atoms with Gasteiger partial charge in [-0.2, -0.15) is 0 Å². The van der Waals surface area contributed by atoms with Crippen LogP contribution in [0.5, 0.6) is 0 Å². The second-order valence-corrected chi connectivity index (χ2v) is 8.54. The van der Waals surface area contributed by atoms with E-state index < -0.39 is 0 Å². The lowest BCUT2D eigenvalue weighted by atomic mass is 9.67. The van der Waals surface area contributed by atoms with Crippen LogP contribution in [0.25, 0.3) is 0 Å². The van der Waals surface area contributed by atoms with E-state index in [0.717, 1.165) is 44.3 Å². The first-order valence-corrected chi connectivity index (χ1v) is 11.3. The summed E-state index contributed by atoms with van der Waals surface area (Å²) >= 11 is 0. The van der Waals surface area contributed by atoms with Crippen LogP contribution in [0.1, 0.15) is 32.1 Å². The van der Waals surface area contributed by atoms with Crippen molar-refractivity contribution < 1.29 is 13.9 Å². The molecule has 0 atom stereocenters. The average molecular weight is 434 g/mol. The summed E-state index contributed by atoms with van der Waals surface area (Å²) in [4.78, 5) is 21.0. The first kappa shape index (κ1) is 23.3. The smallest absolute Gasteiger partial charge is 0.224 e. The molecular formula is C23H36FN5O2. The van der Waals surface area contributed by atoms with Gasteiger partial charge in [-0.1, -0.05) is 6.42 Å². The van der Waals surface area contributed by atoms with Gasteiger partial charge in [-0.15, -0.1) is 0 Å². The number of carbonyl (C=O) groups is 1. The molecule has 1 aromatic carbocycles. The molecule has 1 aliphatic carbocycles. The van der Waals surface area contributed by atoms with Gasteiger partial charge >= 0.3 is 0 Å². The van der Waals surface area contributed by atoms with Crippen molar-refractivity contribution in [2.45, 2.75) is 32.1 Å². The van der Waals surface area contributed by atoms with E-state index >= 15 is 0 Å². The maximum absolute atomic E-state index is 13.1. The number of methoxy groups -OCH3 is 1. The molecule has 31 heavy (non-hydrogen) atoms. The van der Waals surface area contributed by atoms with E-state index in [0.29, 0.717) is 31.5 Å². The first-order chi connectivity index (χ1) is 15.0. The molecule has 1 saturated heterocycles. The molecule has 1 saturated carbocycles. The minimum atomic E-state index is -0.229. The Morgan fingerprint density at radius 2 is 1.87 bits per heavy atom. The van der Waals surface area contributed by atoms with Crippen LogP contribution in [0.15, 0.2) is 29.3 Å². The molecule has 1 aliphatic heterocycles. The lowest BCUT2D eigenvalue weighted by Crippen LogP contribution is -2.50. The molecule has 1 amide bonds. The second kappa shape index (κ2) is 11.3. The number of ether oxygens (including phenoxy) is 1. The van der Waals surface area contributed by atoms with Crippen molar-refractivity contribution in [3.8, 4) is 0 Å². The van der Waals surface area contributed by atoms with Crippen LogP contribution < -0.4 is 15.5 Å². The third kappa shape index (κ3) is 6.56. The van der Waals surface area contributed by atoms with Crippen LogP contribution in [-0.4, -0.2) is 76.8 Å². The summed E-state index contributed by atoms with van der Waals surface area (Å²) in [7, 11) is 3.51. The van der Waals surface area contributed by atoms with Crippen LogP contribution in [-0.2, 0) is 9.53 Å². The number of carbonyl (C=O) groups excluding carboxylic acids is 1. The molecular weight excluding hydrogens is 397 g/mol. The maximum atomic E-state index is 13.1. The van der Waals surface area contributed by atoms with Crippen molar-refractivity contribution in [1.29, 1.82) is 0 Å². The number of nitrogens with zero attached hydrogens (tertiary/aromatic N) is 3. The quantitative estimate of drug-likeness (QED) is 0.462. The Labute approximate surface area is 185 Å². The number of anilines is 1. The average Bonchev–Trinajstić information content (AvgIpc) is 2.77. The summed E-state index contributed by atoms with van der Waals surface area (Å²) in [5.41, 5.74) is 1.31. The molecule has 0 spiro atoms. The SMILES string of the molecule is CN=C(NCCC(=O)N1CCN(c2ccc(F)cc2)CC1)NCC1(CCOC)CCC1. The van der Waals surface area contributed by atoms with E-state index in [1.165, 1.54) is 31.4 Å². The van der Waals surface area contributed by atoms with Crippen molar-refractivity contribution in [1.82, 2.24) is 15.5 Å². The molecule has 0 bridgehead atoms. The van der Waals surface area contributed by atoms with Crippen LogP contribution in [0.4, 0.5) is 10.1 Å². The monoisotopic (exact) mass is 433 g/mol. The van der Waals surface area contributed by atoms with Crippen molar-refractivity contribution in [3.63, 3.8) is 0 Å². The zero-order valence-electron chi connectivity index (χ0n) is 18.8. The van der Waals surface area contributed by atoms with Crippen LogP contribution in [0.2, 0.25) is 0 Å². The first-order valence-electron chi connectivity index (χ1n) is 11.3. The number of rotatable bonds is 9. The zero-order chi connectivity index (χ0) is 22.1. The molecule has 2 fully saturated rings. The van der Waals surface area contributed by atoms with E-state index in [-0.39, 0.29) is 11.7 Å².